The maximum absolute atomic E-state index is 14.6. The Morgan fingerprint density at radius 3 is 2.23 bits per heavy atom. The highest BCUT2D eigenvalue weighted by molar-refractivity contribution is 7.90. The Bertz CT molecular complexity index is 1330. The molecule has 7 heteroatoms. The molecule has 0 radical (unpaired) electrons. The summed E-state index contributed by atoms with van der Waals surface area (Å²) in [5.74, 6) is -1.72. The molecule has 0 bridgehead atoms. The summed E-state index contributed by atoms with van der Waals surface area (Å²) in [7, 11) is -4.14. The molecule has 0 saturated heterocycles. The van der Waals surface area contributed by atoms with Crippen LogP contribution in [0.4, 0.5) is 8.78 Å². The van der Waals surface area contributed by atoms with Gasteiger partial charge in [0.1, 0.15) is 17.9 Å². The molecule has 30 heavy (non-hydrogen) atoms. The number of fused-ring (bicyclic) bond motifs is 1. The van der Waals surface area contributed by atoms with E-state index in [1.54, 1.807) is 36.4 Å². The molecule has 4 rings (SSSR count). The number of hydrogen-bond donors (Lipinski definition) is 0. The van der Waals surface area contributed by atoms with Gasteiger partial charge >= 0.3 is 0 Å². The van der Waals surface area contributed by atoms with Crippen LogP contribution in [0, 0.1) is 11.6 Å². The fourth-order valence-corrected chi connectivity index (χ4v) is 5.03. The second-order valence-corrected chi connectivity index (χ2v) is 8.59. The number of hydrogen-bond acceptors (Lipinski definition) is 3. The first-order chi connectivity index (χ1) is 14.4. The number of rotatable bonds is 6. The third-order valence-corrected chi connectivity index (χ3v) is 6.61. The number of carbonyl (C=O) groups is 1. The summed E-state index contributed by atoms with van der Waals surface area (Å²) in [6.45, 7) is 0. The molecule has 0 spiro atoms. The van der Waals surface area contributed by atoms with E-state index in [1.165, 1.54) is 24.3 Å². The zero-order chi connectivity index (χ0) is 21.3. The lowest BCUT2D eigenvalue weighted by molar-refractivity contribution is -0.107. The van der Waals surface area contributed by atoms with Gasteiger partial charge in [0.15, 0.2) is 0 Å². The van der Waals surface area contributed by atoms with Crippen molar-refractivity contribution >= 4 is 27.2 Å². The molecule has 0 fully saturated rings. The van der Waals surface area contributed by atoms with Gasteiger partial charge in [-0.1, -0.05) is 30.3 Å². The number of aryl methyl sites for hydroxylation is 1. The summed E-state index contributed by atoms with van der Waals surface area (Å²) in [6, 6.07) is 17.6. The molecule has 4 nitrogen and oxygen atoms in total. The van der Waals surface area contributed by atoms with Crippen LogP contribution in [-0.2, 0) is 21.2 Å². The predicted octanol–water partition coefficient (Wildman–Crippen LogP) is 4.96. The minimum Gasteiger partial charge on any atom is -0.303 e. The van der Waals surface area contributed by atoms with E-state index in [-0.39, 0.29) is 10.6 Å². The van der Waals surface area contributed by atoms with Gasteiger partial charge in [-0.05, 0) is 54.4 Å². The van der Waals surface area contributed by atoms with Gasteiger partial charge in [-0.15, -0.1) is 0 Å². The molecule has 152 valence electrons. The van der Waals surface area contributed by atoms with Gasteiger partial charge in [-0.25, -0.2) is 21.2 Å². The Morgan fingerprint density at radius 2 is 1.57 bits per heavy atom. The number of nitrogens with zero attached hydrogens (tertiary/aromatic N) is 1. The Balaban J connectivity index is 2.05. The normalized spacial score (nSPS) is 11.7. The standard InChI is InChI=1S/C23H17F2NO3S/c24-19-9-4-10-20(25)23(19)22-15-17-14-16(6-5-13-27)11-12-21(17)26(22)30(28,29)18-7-2-1-3-8-18/h1-4,7-15H,5-6H2. The van der Waals surface area contributed by atoms with Crippen molar-refractivity contribution in [3.05, 3.63) is 90.0 Å². The van der Waals surface area contributed by atoms with Crippen LogP contribution >= 0.6 is 0 Å². The summed E-state index contributed by atoms with van der Waals surface area (Å²) in [5.41, 5.74) is 0.607. The van der Waals surface area contributed by atoms with Crippen LogP contribution in [0.2, 0.25) is 0 Å². The fraction of sp³-hybridized carbons (Fsp3) is 0.0870. The molecule has 4 aromatic rings. The highest BCUT2D eigenvalue weighted by Gasteiger charge is 2.26. The summed E-state index contributed by atoms with van der Waals surface area (Å²) in [4.78, 5) is 10.7. The number of aromatic nitrogens is 1. The third kappa shape index (κ3) is 3.41. The van der Waals surface area contributed by atoms with E-state index in [4.69, 9.17) is 0 Å². The van der Waals surface area contributed by atoms with Gasteiger partial charge in [0.2, 0.25) is 0 Å². The van der Waals surface area contributed by atoms with Gasteiger partial charge in [0.05, 0.1) is 21.7 Å². The first kappa shape index (κ1) is 20.0. The Kier molecular flexibility index (Phi) is 5.22. The summed E-state index contributed by atoms with van der Waals surface area (Å²) >= 11 is 0. The van der Waals surface area contributed by atoms with Crippen molar-refractivity contribution in [2.24, 2.45) is 0 Å². The van der Waals surface area contributed by atoms with Crippen LogP contribution in [0.25, 0.3) is 22.2 Å². The summed E-state index contributed by atoms with van der Waals surface area (Å²) < 4.78 is 57.1. The first-order valence-electron chi connectivity index (χ1n) is 9.26. The van der Waals surface area contributed by atoms with E-state index >= 15 is 0 Å². The van der Waals surface area contributed by atoms with Gasteiger partial charge in [0, 0.05) is 11.8 Å². The lowest BCUT2D eigenvalue weighted by Gasteiger charge is -2.13. The van der Waals surface area contributed by atoms with Crippen LogP contribution in [0.1, 0.15) is 12.0 Å². The second kappa shape index (κ2) is 7.84. The van der Waals surface area contributed by atoms with Crippen LogP contribution < -0.4 is 0 Å². The van der Waals surface area contributed by atoms with E-state index in [1.807, 2.05) is 0 Å². The van der Waals surface area contributed by atoms with Crippen LogP contribution in [0.3, 0.4) is 0 Å². The average Bonchev–Trinajstić information content (AvgIpc) is 3.11. The topological polar surface area (TPSA) is 56.1 Å². The van der Waals surface area contributed by atoms with E-state index in [2.05, 4.69) is 0 Å². The Morgan fingerprint density at radius 1 is 0.867 bits per heavy atom. The highest BCUT2D eigenvalue weighted by Crippen LogP contribution is 2.35. The van der Waals surface area contributed by atoms with Crippen LogP contribution in [0.15, 0.2) is 77.7 Å². The zero-order valence-electron chi connectivity index (χ0n) is 15.8. The van der Waals surface area contributed by atoms with Crippen molar-refractivity contribution in [2.75, 3.05) is 0 Å². The molecule has 0 aliphatic heterocycles. The second-order valence-electron chi connectivity index (χ2n) is 6.81. The Hall–Kier alpha value is -3.32. The lowest BCUT2D eigenvalue weighted by atomic mass is 10.1. The van der Waals surface area contributed by atoms with Crippen LogP contribution in [0.5, 0.6) is 0 Å². The van der Waals surface area contributed by atoms with Gasteiger partial charge in [-0.3, -0.25) is 0 Å². The molecule has 0 aliphatic carbocycles. The number of carbonyl (C=O) groups excluding carboxylic acids is 1. The van der Waals surface area contributed by atoms with Gasteiger partial charge in [0.25, 0.3) is 10.0 Å². The Labute approximate surface area is 172 Å². The smallest absolute Gasteiger partial charge is 0.268 e. The molecule has 0 aliphatic rings. The van der Waals surface area contributed by atoms with Gasteiger partial charge < -0.3 is 4.79 Å². The molecular weight excluding hydrogens is 408 g/mol. The van der Waals surface area contributed by atoms with Crippen molar-refractivity contribution < 1.29 is 22.0 Å². The molecule has 1 aromatic heterocycles. The predicted molar refractivity (Wildman–Crippen MR) is 111 cm³/mol. The minimum atomic E-state index is -4.14. The number of halogens is 2. The van der Waals surface area contributed by atoms with Crippen molar-refractivity contribution in [3.63, 3.8) is 0 Å². The van der Waals surface area contributed by atoms with E-state index in [0.717, 1.165) is 28.0 Å². The molecule has 0 unspecified atom stereocenters. The molecular formula is C23H17F2NO3S. The van der Waals surface area contributed by atoms with E-state index in [9.17, 15) is 22.0 Å². The molecule has 0 amide bonds. The van der Waals surface area contributed by atoms with E-state index < -0.39 is 27.2 Å². The first-order valence-corrected chi connectivity index (χ1v) is 10.7. The molecule has 0 atom stereocenters. The molecule has 3 aromatic carbocycles. The van der Waals surface area contributed by atoms with Crippen molar-refractivity contribution in [1.82, 2.24) is 3.97 Å². The van der Waals surface area contributed by atoms with Crippen molar-refractivity contribution in [1.29, 1.82) is 0 Å². The largest absolute Gasteiger partial charge is 0.303 e. The molecule has 0 saturated carbocycles. The van der Waals surface area contributed by atoms with Crippen molar-refractivity contribution in [2.45, 2.75) is 17.7 Å². The minimum absolute atomic E-state index is 0.00512. The third-order valence-electron chi connectivity index (χ3n) is 4.87. The highest BCUT2D eigenvalue weighted by atomic mass is 32.2. The number of aldehydes is 1. The lowest BCUT2D eigenvalue weighted by Crippen LogP contribution is -2.14. The quantitative estimate of drug-likeness (QED) is 0.411. The zero-order valence-corrected chi connectivity index (χ0v) is 16.6. The molecule has 1 heterocycles. The van der Waals surface area contributed by atoms with Crippen molar-refractivity contribution in [3.8, 4) is 11.3 Å². The SMILES string of the molecule is O=CCCc1ccc2c(c1)cc(-c1c(F)cccc1F)n2S(=O)(=O)c1ccccc1. The number of benzene rings is 3. The summed E-state index contributed by atoms with van der Waals surface area (Å²) in [6.07, 6.45) is 1.61. The fourth-order valence-electron chi connectivity index (χ4n) is 3.49. The molecule has 0 N–H and O–H groups in total. The monoisotopic (exact) mass is 425 g/mol. The van der Waals surface area contributed by atoms with Crippen LogP contribution in [-0.4, -0.2) is 18.7 Å². The maximum atomic E-state index is 14.6. The summed E-state index contributed by atoms with van der Waals surface area (Å²) in [5, 5.41) is 0.510. The maximum Gasteiger partial charge on any atom is 0.268 e. The van der Waals surface area contributed by atoms with Gasteiger partial charge in [-0.2, -0.15) is 0 Å². The average molecular weight is 425 g/mol. The van der Waals surface area contributed by atoms with E-state index in [0.29, 0.717) is 23.7 Å².